The van der Waals surface area contributed by atoms with Gasteiger partial charge in [-0.3, -0.25) is 4.79 Å². The Morgan fingerprint density at radius 3 is 2.11 bits per heavy atom. The third-order valence-corrected chi connectivity index (χ3v) is 0.509. The molecule has 0 N–H and O–H groups in total. The monoisotopic (exact) mass is 246 g/mol. The molecule has 9 heavy (non-hydrogen) atoms. The Hall–Kier alpha value is 0.573. The standard InChI is InChI=1S/C5H10O2.BrH.Zn/c1-3-4-7-5(2)6;;/h3-4H2,1-2H3;1H;. The third-order valence-electron chi connectivity index (χ3n) is 0.509. The molecule has 52 valence electrons. The molecule has 0 aliphatic heterocycles. The maximum absolute atomic E-state index is 9.98. The summed E-state index contributed by atoms with van der Waals surface area (Å²) in [4.78, 5) is 9.98. The zero-order valence-corrected chi connectivity index (χ0v) is 10.5. The SMILES string of the molecule is Br.CCCOC(C)=O.[Zn]. The van der Waals surface area contributed by atoms with Crippen LogP contribution < -0.4 is 0 Å². The molecule has 0 aromatic carbocycles. The molecule has 0 rings (SSSR count). The molecule has 2 nitrogen and oxygen atoms in total. The summed E-state index contributed by atoms with van der Waals surface area (Å²) in [5, 5.41) is 0. The Balaban J connectivity index is -0.000000180. The summed E-state index contributed by atoms with van der Waals surface area (Å²) >= 11 is 0. The topological polar surface area (TPSA) is 26.3 Å². The molecule has 0 bridgehead atoms. The molecule has 0 fully saturated rings. The van der Waals surface area contributed by atoms with Crippen molar-refractivity contribution in [2.24, 2.45) is 0 Å². The van der Waals surface area contributed by atoms with E-state index >= 15 is 0 Å². The molecule has 0 amide bonds. The van der Waals surface area contributed by atoms with Gasteiger partial charge >= 0.3 is 5.97 Å². The van der Waals surface area contributed by atoms with Crippen LogP contribution in [0.5, 0.6) is 0 Å². The summed E-state index contributed by atoms with van der Waals surface area (Å²) in [6.45, 7) is 3.92. The van der Waals surface area contributed by atoms with Crippen molar-refractivity contribution in [3.63, 3.8) is 0 Å². The first kappa shape index (κ1) is 16.3. The van der Waals surface area contributed by atoms with Crippen LogP contribution in [0.3, 0.4) is 0 Å². The van der Waals surface area contributed by atoms with E-state index in [1.165, 1.54) is 6.92 Å². The second-order valence-corrected chi connectivity index (χ2v) is 1.34. The van der Waals surface area contributed by atoms with Crippen LogP contribution in [0.4, 0.5) is 0 Å². The summed E-state index contributed by atoms with van der Waals surface area (Å²) in [6, 6.07) is 0. The van der Waals surface area contributed by atoms with E-state index in [9.17, 15) is 4.79 Å². The number of hydrogen-bond acceptors (Lipinski definition) is 2. The molecule has 0 atom stereocenters. The van der Waals surface area contributed by atoms with Crippen molar-refractivity contribution >= 4 is 23.0 Å². The van der Waals surface area contributed by atoms with Gasteiger partial charge in [0.05, 0.1) is 6.61 Å². The number of ether oxygens (including phenoxy) is 1. The summed E-state index contributed by atoms with van der Waals surface area (Å²) in [6.07, 6.45) is 0.902. The largest absolute Gasteiger partial charge is 0.466 e. The zero-order chi connectivity index (χ0) is 5.70. The van der Waals surface area contributed by atoms with E-state index < -0.39 is 0 Å². The first-order chi connectivity index (χ1) is 3.27. The van der Waals surface area contributed by atoms with Gasteiger partial charge in [0, 0.05) is 26.4 Å². The van der Waals surface area contributed by atoms with E-state index in [1.54, 1.807) is 0 Å². The molecular weight excluding hydrogens is 237 g/mol. The van der Waals surface area contributed by atoms with Crippen molar-refractivity contribution < 1.29 is 29.0 Å². The van der Waals surface area contributed by atoms with Crippen LogP contribution in [0.2, 0.25) is 0 Å². The van der Waals surface area contributed by atoms with Gasteiger partial charge in [-0.25, -0.2) is 0 Å². The minimum absolute atomic E-state index is 0. The van der Waals surface area contributed by atoms with Crippen LogP contribution in [0, 0.1) is 0 Å². The molecule has 0 saturated heterocycles. The van der Waals surface area contributed by atoms with Crippen LogP contribution in [0.15, 0.2) is 0 Å². The van der Waals surface area contributed by atoms with E-state index in [4.69, 9.17) is 0 Å². The van der Waals surface area contributed by atoms with Gasteiger partial charge in [0.25, 0.3) is 0 Å². The van der Waals surface area contributed by atoms with Crippen molar-refractivity contribution in [3.8, 4) is 0 Å². The van der Waals surface area contributed by atoms with E-state index in [2.05, 4.69) is 4.74 Å². The van der Waals surface area contributed by atoms with Crippen molar-refractivity contribution in [1.29, 1.82) is 0 Å². The molecule has 0 aromatic heterocycles. The van der Waals surface area contributed by atoms with Crippen LogP contribution in [-0.4, -0.2) is 12.6 Å². The normalized spacial score (nSPS) is 6.44. The molecule has 0 heterocycles. The predicted octanol–water partition coefficient (Wildman–Crippen LogP) is 1.53. The number of esters is 1. The molecule has 0 aliphatic carbocycles. The van der Waals surface area contributed by atoms with E-state index in [1.807, 2.05) is 6.92 Å². The average molecular weight is 248 g/mol. The fourth-order valence-corrected chi connectivity index (χ4v) is 0.246. The molecule has 0 spiro atoms. The van der Waals surface area contributed by atoms with E-state index in [0.29, 0.717) is 6.61 Å². The number of halogens is 1. The van der Waals surface area contributed by atoms with Gasteiger partial charge in [0.2, 0.25) is 0 Å². The molecule has 0 unspecified atom stereocenters. The van der Waals surface area contributed by atoms with Gasteiger partial charge < -0.3 is 4.74 Å². The Kier molecular flexibility index (Phi) is 20.6. The first-order valence-electron chi connectivity index (χ1n) is 2.40. The van der Waals surface area contributed by atoms with Crippen LogP contribution in [-0.2, 0) is 29.0 Å². The molecule has 0 aliphatic rings. The van der Waals surface area contributed by atoms with Gasteiger partial charge in [-0.1, -0.05) is 6.92 Å². The second kappa shape index (κ2) is 11.4. The van der Waals surface area contributed by atoms with Crippen LogP contribution in [0.1, 0.15) is 20.3 Å². The zero-order valence-electron chi connectivity index (χ0n) is 5.85. The van der Waals surface area contributed by atoms with Gasteiger partial charge in [-0.2, -0.15) is 0 Å². The summed E-state index contributed by atoms with van der Waals surface area (Å²) in [7, 11) is 0. The number of carbonyl (C=O) groups is 1. The van der Waals surface area contributed by atoms with Crippen LogP contribution in [0.25, 0.3) is 0 Å². The number of rotatable bonds is 2. The van der Waals surface area contributed by atoms with Gasteiger partial charge in [0.15, 0.2) is 0 Å². The Bertz CT molecular complexity index is 68.0. The quantitative estimate of drug-likeness (QED) is 0.547. The van der Waals surface area contributed by atoms with Gasteiger partial charge in [-0.15, -0.1) is 17.0 Å². The fraction of sp³-hybridized carbons (Fsp3) is 0.800. The molecule has 4 heteroatoms. The Labute approximate surface area is 78.9 Å². The molecule has 0 radical (unpaired) electrons. The number of carbonyl (C=O) groups excluding carboxylic acids is 1. The smallest absolute Gasteiger partial charge is 0.302 e. The van der Waals surface area contributed by atoms with Gasteiger partial charge in [-0.05, 0) is 6.42 Å². The summed E-state index contributed by atoms with van der Waals surface area (Å²) in [5.41, 5.74) is 0. The Morgan fingerprint density at radius 1 is 1.56 bits per heavy atom. The second-order valence-electron chi connectivity index (χ2n) is 1.34. The minimum atomic E-state index is -0.193. The average Bonchev–Trinajstić information content (AvgIpc) is 1.61. The molecule has 0 aromatic rings. The van der Waals surface area contributed by atoms with Crippen molar-refractivity contribution in [3.05, 3.63) is 0 Å². The third kappa shape index (κ3) is 17.7. The summed E-state index contributed by atoms with van der Waals surface area (Å²) in [5.74, 6) is -0.193. The van der Waals surface area contributed by atoms with Crippen molar-refractivity contribution in [2.45, 2.75) is 20.3 Å². The summed E-state index contributed by atoms with van der Waals surface area (Å²) < 4.78 is 4.55. The minimum Gasteiger partial charge on any atom is -0.466 e. The van der Waals surface area contributed by atoms with E-state index in [0.717, 1.165) is 6.42 Å². The first-order valence-corrected chi connectivity index (χ1v) is 2.40. The van der Waals surface area contributed by atoms with Crippen molar-refractivity contribution in [1.82, 2.24) is 0 Å². The maximum atomic E-state index is 9.98. The van der Waals surface area contributed by atoms with Gasteiger partial charge in [0.1, 0.15) is 0 Å². The van der Waals surface area contributed by atoms with Crippen LogP contribution >= 0.6 is 17.0 Å². The predicted molar refractivity (Wildman–Crippen MR) is 37.2 cm³/mol. The molecule has 0 saturated carbocycles. The van der Waals surface area contributed by atoms with E-state index in [-0.39, 0.29) is 42.4 Å². The fourth-order valence-electron chi connectivity index (χ4n) is 0.246. The van der Waals surface area contributed by atoms with Crippen molar-refractivity contribution in [2.75, 3.05) is 6.61 Å². The Morgan fingerprint density at radius 2 is 2.00 bits per heavy atom. The molecular formula is C5H11BrO2Zn. The number of hydrogen-bond donors (Lipinski definition) is 0. The maximum Gasteiger partial charge on any atom is 0.302 e.